The molecule has 0 saturated heterocycles. The van der Waals surface area contributed by atoms with E-state index >= 15 is 0 Å². The average molecular weight is 588 g/mol. The number of esters is 1. The fourth-order valence-corrected chi connectivity index (χ4v) is 4.04. The van der Waals surface area contributed by atoms with Crippen LogP contribution in [0.2, 0.25) is 5.02 Å². The van der Waals surface area contributed by atoms with Gasteiger partial charge in [0.1, 0.15) is 0 Å². The van der Waals surface area contributed by atoms with Crippen molar-refractivity contribution in [2.24, 2.45) is 0 Å². The Morgan fingerprint density at radius 2 is 1.93 bits per heavy atom. The van der Waals surface area contributed by atoms with Crippen molar-refractivity contribution in [3.05, 3.63) is 26.3 Å². The van der Waals surface area contributed by atoms with E-state index in [4.69, 9.17) is 16.3 Å². The number of amides is 2. The van der Waals surface area contributed by atoms with Crippen LogP contribution in [0.3, 0.4) is 0 Å². The standard InChI is InChI=1S/C19H25BrClIN2O4/c1-6-28-16(26)7-11(2)23-18(27)13-8-12(22)9-14(21)17(13)24(15(25)10-20)19(3,4)5/h8-9,11H,6-7,10H2,1-5H3,(H,23,27)/t11-/m0/s1. The molecule has 6 nitrogen and oxygen atoms in total. The van der Waals surface area contributed by atoms with Crippen molar-refractivity contribution in [3.8, 4) is 0 Å². The number of hydrogen-bond acceptors (Lipinski definition) is 4. The molecule has 0 aromatic heterocycles. The van der Waals surface area contributed by atoms with Gasteiger partial charge in [-0.25, -0.2) is 0 Å². The number of nitrogens with one attached hydrogen (secondary N) is 1. The van der Waals surface area contributed by atoms with Crippen LogP contribution in [0, 0.1) is 3.57 Å². The Labute approximate surface area is 193 Å². The first-order valence-corrected chi connectivity index (χ1v) is 11.3. The molecule has 0 aliphatic carbocycles. The fraction of sp³-hybridized carbons (Fsp3) is 0.526. The summed E-state index contributed by atoms with van der Waals surface area (Å²) in [6, 6.07) is 2.94. The van der Waals surface area contributed by atoms with Crippen molar-refractivity contribution >= 4 is 73.6 Å². The van der Waals surface area contributed by atoms with Gasteiger partial charge in [-0.1, -0.05) is 27.5 Å². The van der Waals surface area contributed by atoms with E-state index in [-0.39, 0.29) is 35.8 Å². The number of rotatable bonds is 7. The Balaban J connectivity index is 3.33. The van der Waals surface area contributed by atoms with Crippen molar-refractivity contribution in [1.29, 1.82) is 0 Å². The lowest BCUT2D eigenvalue weighted by Crippen LogP contribution is -2.48. The van der Waals surface area contributed by atoms with Crippen molar-refractivity contribution in [3.63, 3.8) is 0 Å². The van der Waals surface area contributed by atoms with Crippen LogP contribution in [0.1, 0.15) is 51.4 Å². The number of carbonyl (C=O) groups excluding carboxylic acids is 3. The molecule has 0 spiro atoms. The highest BCUT2D eigenvalue weighted by atomic mass is 127. The third-order valence-corrected chi connectivity index (χ3v) is 5.08. The highest BCUT2D eigenvalue weighted by Crippen LogP contribution is 2.36. The first-order valence-electron chi connectivity index (χ1n) is 8.76. The van der Waals surface area contributed by atoms with Gasteiger partial charge in [0.25, 0.3) is 5.91 Å². The number of halogens is 3. The lowest BCUT2D eigenvalue weighted by molar-refractivity contribution is -0.143. The second-order valence-electron chi connectivity index (χ2n) is 7.20. The number of nitrogens with zero attached hydrogens (tertiary/aromatic N) is 1. The fourth-order valence-electron chi connectivity index (χ4n) is 2.68. The zero-order chi connectivity index (χ0) is 21.6. The average Bonchev–Trinajstić information content (AvgIpc) is 2.55. The predicted molar refractivity (Wildman–Crippen MR) is 123 cm³/mol. The molecule has 0 fully saturated rings. The maximum absolute atomic E-state index is 13.0. The summed E-state index contributed by atoms with van der Waals surface area (Å²) in [7, 11) is 0. The van der Waals surface area contributed by atoms with Gasteiger partial charge in [0.2, 0.25) is 5.91 Å². The van der Waals surface area contributed by atoms with E-state index in [1.165, 1.54) is 4.90 Å². The molecule has 0 radical (unpaired) electrons. The third-order valence-electron chi connectivity index (χ3n) is 3.69. The Hall–Kier alpha value is -0.870. The quantitative estimate of drug-likeness (QED) is 0.289. The van der Waals surface area contributed by atoms with Gasteiger partial charge in [-0.05, 0) is 69.3 Å². The van der Waals surface area contributed by atoms with Crippen molar-refractivity contribution in [2.75, 3.05) is 16.8 Å². The van der Waals surface area contributed by atoms with Crippen LogP contribution in [-0.4, -0.2) is 41.3 Å². The highest BCUT2D eigenvalue weighted by Gasteiger charge is 2.33. The third kappa shape index (κ3) is 6.88. The minimum absolute atomic E-state index is 0.0515. The summed E-state index contributed by atoms with van der Waals surface area (Å²) in [6.45, 7) is 9.33. The van der Waals surface area contributed by atoms with Crippen LogP contribution in [0.4, 0.5) is 5.69 Å². The van der Waals surface area contributed by atoms with Crippen LogP contribution in [0.15, 0.2) is 12.1 Å². The number of anilines is 1. The second kappa shape index (κ2) is 10.8. The van der Waals surface area contributed by atoms with Crippen LogP contribution < -0.4 is 10.2 Å². The van der Waals surface area contributed by atoms with Crippen LogP contribution >= 0.6 is 50.1 Å². The topological polar surface area (TPSA) is 75.7 Å². The van der Waals surface area contributed by atoms with E-state index in [1.54, 1.807) is 26.0 Å². The lowest BCUT2D eigenvalue weighted by Gasteiger charge is -2.37. The monoisotopic (exact) mass is 586 g/mol. The molecule has 1 aromatic carbocycles. The lowest BCUT2D eigenvalue weighted by atomic mass is 10.0. The minimum atomic E-state index is -0.604. The maximum atomic E-state index is 13.0. The van der Waals surface area contributed by atoms with E-state index in [2.05, 4.69) is 43.8 Å². The summed E-state index contributed by atoms with van der Waals surface area (Å²) < 4.78 is 5.68. The van der Waals surface area contributed by atoms with E-state index in [1.807, 2.05) is 20.8 Å². The van der Waals surface area contributed by atoms with Crippen LogP contribution in [-0.2, 0) is 14.3 Å². The first kappa shape index (κ1) is 25.2. The molecular formula is C19H25BrClIN2O4. The van der Waals surface area contributed by atoms with Gasteiger partial charge in [0.05, 0.1) is 34.6 Å². The number of alkyl halides is 1. The van der Waals surface area contributed by atoms with E-state index in [0.29, 0.717) is 10.7 Å². The Morgan fingerprint density at radius 3 is 2.43 bits per heavy atom. The minimum Gasteiger partial charge on any atom is -0.466 e. The molecule has 9 heteroatoms. The summed E-state index contributed by atoms with van der Waals surface area (Å²) in [4.78, 5) is 38.8. The molecule has 2 amide bonds. The van der Waals surface area contributed by atoms with Gasteiger partial charge in [0.15, 0.2) is 0 Å². The molecule has 1 N–H and O–H groups in total. The molecule has 0 bridgehead atoms. The summed E-state index contributed by atoms with van der Waals surface area (Å²) in [6.07, 6.45) is 0.0515. The van der Waals surface area contributed by atoms with E-state index in [9.17, 15) is 14.4 Å². The zero-order valence-electron chi connectivity index (χ0n) is 16.6. The van der Waals surface area contributed by atoms with Gasteiger partial charge in [-0.3, -0.25) is 14.4 Å². The maximum Gasteiger partial charge on any atom is 0.307 e. The molecule has 1 aromatic rings. The van der Waals surface area contributed by atoms with Crippen molar-refractivity contribution < 1.29 is 19.1 Å². The number of benzene rings is 1. The SMILES string of the molecule is CCOC(=O)C[C@H](C)NC(=O)c1cc(I)cc(Cl)c1N(C(=O)CBr)C(C)(C)C. The van der Waals surface area contributed by atoms with Crippen molar-refractivity contribution in [2.45, 2.75) is 52.6 Å². The number of ether oxygens (including phenoxy) is 1. The van der Waals surface area contributed by atoms with E-state index < -0.39 is 17.5 Å². The summed E-state index contributed by atoms with van der Waals surface area (Å²) in [5.74, 6) is -1.02. The molecule has 1 rings (SSSR count). The number of hydrogen-bond donors (Lipinski definition) is 1. The Morgan fingerprint density at radius 1 is 1.32 bits per heavy atom. The summed E-state index contributed by atoms with van der Waals surface area (Å²) >= 11 is 11.7. The highest BCUT2D eigenvalue weighted by molar-refractivity contribution is 14.1. The van der Waals surface area contributed by atoms with Gasteiger partial charge in [-0.15, -0.1) is 0 Å². The molecule has 28 heavy (non-hydrogen) atoms. The van der Waals surface area contributed by atoms with Crippen molar-refractivity contribution in [1.82, 2.24) is 5.32 Å². The molecule has 0 aliphatic heterocycles. The second-order valence-corrected chi connectivity index (χ2v) is 9.41. The number of carbonyl (C=O) groups is 3. The van der Waals surface area contributed by atoms with Crippen LogP contribution in [0.25, 0.3) is 0 Å². The van der Waals surface area contributed by atoms with Gasteiger partial charge in [0, 0.05) is 15.2 Å². The Kier molecular flexibility index (Phi) is 9.69. The smallest absolute Gasteiger partial charge is 0.307 e. The molecule has 156 valence electrons. The van der Waals surface area contributed by atoms with Gasteiger partial charge >= 0.3 is 5.97 Å². The molecule has 0 unspecified atom stereocenters. The predicted octanol–water partition coefficient (Wildman–Crippen LogP) is 4.54. The molecule has 0 heterocycles. The molecule has 0 saturated carbocycles. The summed E-state index contributed by atoms with van der Waals surface area (Å²) in [5, 5.41) is 3.19. The molecular weight excluding hydrogens is 562 g/mol. The van der Waals surface area contributed by atoms with E-state index in [0.717, 1.165) is 3.57 Å². The largest absolute Gasteiger partial charge is 0.466 e. The van der Waals surface area contributed by atoms with Crippen LogP contribution in [0.5, 0.6) is 0 Å². The Bertz CT molecular complexity index is 752. The normalized spacial score (nSPS) is 12.3. The molecule has 1 atom stereocenters. The van der Waals surface area contributed by atoms with Gasteiger partial charge < -0.3 is 15.0 Å². The first-order chi connectivity index (χ1) is 12.9. The van der Waals surface area contributed by atoms with Gasteiger partial charge in [-0.2, -0.15) is 0 Å². The molecule has 0 aliphatic rings. The zero-order valence-corrected chi connectivity index (χ0v) is 21.1. The summed E-state index contributed by atoms with van der Waals surface area (Å²) in [5.41, 5.74) is 0.0176.